The maximum Gasteiger partial charge on any atom is 0.387 e. The number of piperidine rings is 1. The van der Waals surface area contributed by atoms with Crippen molar-refractivity contribution in [1.29, 1.82) is 0 Å². The molecule has 1 unspecified atom stereocenters. The molecule has 1 atom stereocenters. The van der Waals surface area contributed by atoms with Crippen molar-refractivity contribution in [2.45, 2.75) is 19.5 Å². The number of methoxy groups -OCH3 is 1. The molecule has 5 nitrogen and oxygen atoms in total. The third-order valence-corrected chi connectivity index (χ3v) is 3.93. The van der Waals surface area contributed by atoms with Gasteiger partial charge in [0, 0.05) is 18.7 Å². The zero-order valence-corrected chi connectivity index (χ0v) is 14.6. The summed E-state index contributed by atoms with van der Waals surface area (Å²) in [4.78, 5) is 14.4. The summed E-state index contributed by atoms with van der Waals surface area (Å²) in [7, 11) is 3.25. The first-order chi connectivity index (χ1) is 11.0. The predicted molar refractivity (Wildman–Crippen MR) is 89.4 cm³/mol. The molecule has 0 aliphatic carbocycles. The molecule has 24 heavy (non-hydrogen) atoms. The summed E-state index contributed by atoms with van der Waals surface area (Å²) in [5, 5.41) is 3.12. The van der Waals surface area contributed by atoms with Gasteiger partial charge in [0.05, 0.1) is 7.11 Å². The van der Waals surface area contributed by atoms with Crippen LogP contribution in [0.5, 0.6) is 11.5 Å². The Morgan fingerprint density at radius 3 is 2.79 bits per heavy atom. The van der Waals surface area contributed by atoms with Crippen LogP contribution in [0.4, 0.5) is 8.78 Å². The molecule has 1 aromatic carbocycles. The molecular formula is C16H23ClF2N2O3. The third-order valence-electron chi connectivity index (χ3n) is 3.93. The van der Waals surface area contributed by atoms with Crippen molar-refractivity contribution < 1.29 is 23.0 Å². The fraction of sp³-hybridized carbons (Fsp3) is 0.562. The molecule has 0 aromatic heterocycles. The van der Waals surface area contributed by atoms with E-state index in [9.17, 15) is 13.6 Å². The van der Waals surface area contributed by atoms with Gasteiger partial charge in [0.15, 0.2) is 11.5 Å². The molecule has 0 bridgehead atoms. The monoisotopic (exact) mass is 364 g/mol. The number of nitrogens with zero attached hydrogens (tertiary/aromatic N) is 1. The molecule has 2 rings (SSSR count). The Bertz CT molecular complexity index is 544. The van der Waals surface area contributed by atoms with E-state index in [1.54, 1.807) is 11.0 Å². The van der Waals surface area contributed by atoms with Crippen molar-refractivity contribution in [1.82, 2.24) is 10.2 Å². The SMILES string of the molecule is CNCC1CCCN(C(=O)c2ccc(OC)c(OC(F)F)c2)C1.Cl. The van der Waals surface area contributed by atoms with Crippen LogP contribution in [0.15, 0.2) is 18.2 Å². The number of nitrogens with one attached hydrogen (secondary N) is 1. The Morgan fingerprint density at radius 1 is 1.42 bits per heavy atom. The van der Waals surface area contributed by atoms with E-state index in [4.69, 9.17) is 4.74 Å². The van der Waals surface area contributed by atoms with Gasteiger partial charge in [-0.05, 0) is 50.6 Å². The molecule has 1 saturated heterocycles. The van der Waals surface area contributed by atoms with Crippen LogP contribution in [0.2, 0.25) is 0 Å². The van der Waals surface area contributed by atoms with Crippen LogP contribution in [0, 0.1) is 5.92 Å². The topological polar surface area (TPSA) is 50.8 Å². The molecule has 1 amide bonds. The molecule has 1 aliphatic heterocycles. The third kappa shape index (κ3) is 5.21. The van der Waals surface area contributed by atoms with Crippen LogP contribution in [0.25, 0.3) is 0 Å². The Morgan fingerprint density at radius 2 is 2.17 bits per heavy atom. The fourth-order valence-electron chi connectivity index (χ4n) is 2.89. The first-order valence-electron chi connectivity index (χ1n) is 7.62. The van der Waals surface area contributed by atoms with Gasteiger partial charge in [-0.15, -0.1) is 12.4 Å². The molecule has 0 radical (unpaired) electrons. The largest absolute Gasteiger partial charge is 0.493 e. The van der Waals surface area contributed by atoms with Crippen LogP contribution < -0.4 is 14.8 Å². The van der Waals surface area contributed by atoms with Crippen LogP contribution in [0.3, 0.4) is 0 Å². The normalized spacial score (nSPS) is 17.4. The van der Waals surface area contributed by atoms with E-state index < -0.39 is 6.61 Å². The molecule has 8 heteroatoms. The van der Waals surface area contributed by atoms with Gasteiger partial charge in [-0.2, -0.15) is 8.78 Å². The molecule has 1 fully saturated rings. The van der Waals surface area contributed by atoms with E-state index >= 15 is 0 Å². The fourth-order valence-corrected chi connectivity index (χ4v) is 2.89. The molecule has 1 N–H and O–H groups in total. The van der Waals surface area contributed by atoms with Crippen LogP contribution >= 0.6 is 12.4 Å². The summed E-state index contributed by atoms with van der Waals surface area (Å²) < 4.78 is 34.4. The minimum Gasteiger partial charge on any atom is -0.493 e. The van der Waals surface area contributed by atoms with E-state index in [1.807, 2.05) is 7.05 Å². The first kappa shape index (κ1) is 20.4. The average Bonchev–Trinajstić information content (AvgIpc) is 2.54. The van der Waals surface area contributed by atoms with Crippen LogP contribution in [-0.2, 0) is 0 Å². The lowest BCUT2D eigenvalue weighted by molar-refractivity contribution is -0.0512. The van der Waals surface area contributed by atoms with Gasteiger partial charge in [-0.25, -0.2) is 0 Å². The molecule has 1 heterocycles. The van der Waals surface area contributed by atoms with Gasteiger partial charge >= 0.3 is 6.61 Å². The molecule has 1 aliphatic rings. The lowest BCUT2D eigenvalue weighted by atomic mass is 9.97. The average molecular weight is 365 g/mol. The summed E-state index contributed by atoms with van der Waals surface area (Å²) in [5.41, 5.74) is 0.326. The highest BCUT2D eigenvalue weighted by molar-refractivity contribution is 5.95. The van der Waals surface area contributed by atoms with Crippen molar-refractivity contribution in [2.75, 3.05) is 33.8 Å². The number of halogens is 3. The van der Waals surface area contributed by atoms with E-state index in [0.717, 1.165) is 19.4 Å². The van der Waals surface area contributed by atoms with Crippen molar-refractivity contribution in [2.24, 2.45) is 5.92 Å². The number of carbonyl (C=O) groups excluding carboxylic acids is 1. The van der Waals surface area contributed by atoms with Crippen molar-refractivity contribution in [3.8, 4) is 11.5 Å². The molecule has 136 valence electrons. The summed E-state index contributed by atoms with van der Waals surface area (Å²) in [5.74, 6) is 0.283. The Labute approximate surface area is 146 Å². The Balaban J connectivity index is 0.00000288. The lowest BCUT2D eigenvalue weighted by Gasteiger charge is -2.32. The smallest absolute Gasteiger partial charge is 0.387 e. The van der Waals surface area contributed by atoms with Gasteiger partial charge in [0.2, 0.25) is 0 Å². The minimum atomic E-state index is -2.97. The van der Waals surface area contributed by atoms with Crippen molar-refractivity contribution in [3.05, 3.63) is 23.8 Å². The van der Waals surface area contributed by atoms with Crippen molar-refractivity contribution >= 4 is 18.3 Å². The number of amides is 1. The quantitative estimate of drug-likeness (QED) is 0.843. The Hall–Kier alpha value is -1.60. The second-order valence-electron chi connectivity index (χ2n) is 5.56. The molecule has 1 aromatic rings. The van der Waals surface area contributed by atoms with E-state index in [1.165, 1.54) is 19.2 Å². The second kappa shape index (κ2) is 9.64. The summed E-state index contributed by atoms with van der Waals surface area (Å²) >= 11 is 0. The first-order valence-corrected chi connectivity index (χ1v) is 7.62. The zero-order valence-electron chi connectivity index (χ0n) is 13.8. The highest BCUT2D eigenvalue weighted by atomic mass is 35.5. The van der Waals surface area contributed by atoms with Crippen LogP contribution in [0.1, 0.15) is 23.2 Å². The highest BCUT2D eigenvalue weighted by Gasteiger charge is 2.25. The van der Waals surface area contributed by atoms with Gasteiger partial charge in [-0.3, -0.25) is 4.79 Å². The zero-order chi connectivity index (χ0) is 16.8. The summed E-state index contributed by atoms with van der Waals surface area (Å²) in [6.45, 7) is -0.775. The van der Waals surface area contributed by atoms with Gasteiger partial charge in [-0.1, -0.05) is 0 Å². The van der Waals surface area contributed by atoms with Gasteiger partial charge in [0.25, 0.3) is 5.91 Å². The predicted octanol–water partition coefficient (Wildman–Crippen LogP) is 2.79. The van der Waals surface area contributed by atoms with Gasteiger partial charge in [0.1, 0.15) is 0 Å². The number of hydrogen-bond acceptors (Lipinski definition) is 4. The van der Waals surface area contributed by atoms with Gasteiger partial charge < -0.3 is 19.7 Å². The number of ether oxygens (including phenoxy) is 2. The number of carbonyl (C=O) groups is 1. The summed E-state index contributed by atoms with van der Waals surface area (Å²) in [6.07, 6.45) is 2.02. The molecule has 0 saturated carbocycles. The highest BCUT2D eigenvalue weighted by Crippen LogP contribution is 2.30. The van der Waals surface area contributed by atoms with E-state index in [-0.39, 0.29) is 29.8 Å². The number of likely N-dealkylation sites (tertiary alicyclic amines) is 1. The lowest BCUT2D eigenvalue weighted by Crippen LogP contribution is -2.42. The van der Waals surface area contributed by atoms with Crippen molar-refractivity contribution in [3.63, 3.8) is 0 Å². The number of alkyl halides is 2. The standard InChI is InChI=1S/C16H22F2N2O3.ClH/c1-19-9-11-4-3-7-20(10-11)15(21)12-5-6-13(22-2)14(8-12)23-16(17)18;/h5-6,8,11,16,19H,3-4,7,9-10H2,1-2H3;1H. The number of benzene rings is 1. The Kier molecular flexibility index (Phi) is 8.21. The van der Waals surface area contributed by atoms with Crippen LogP contribution in [-0.4, -0.2) is 51.2 Å². The summed E-state index contributed by atoms with van der Waals surface area (Å²) in [6, 6.07) is 4.36. The van der Waals surface area contributed by atoms with E-state index in [2.05, 4.69) is 10.1 Å². The number of hydrogen-bond donors (Lipinski definition) is 1. The second-order valence-corrected chi connectivity index (χ2v) is 5.56. The number of rotatable bonds is 6. The maximum absolute atomic E-state index is 12.6. The molecule has 0 spiro atoms. The maximum atomic E-state index is 12.6. The minimum absolute atomic E-state index is 0. The van der Waals surface area contributed by atoms with E-state index in [0.29, 0.717) is 24.6 Å². The molecular weight excluding hydrogens is 342 g/mol.